The Balaban J connectivity index is 2.54. The maximum Gasteiger partial charge on any atom is 0.177 e. The second kappa shape index (κ2) is 3.61. The highest BCUT2D eigenvalue weighted by molar-refractivity contribution is 9.10. The van der Waals surface area contributed by atoms with E-state index in [1.807, 2.05) is 12.1 Å². The Labute approximate surface area is 90.9 Å². The predicted molar refractivity (Wildman–Crippen MR) is 58.0 cm³/mol. The third-order valence-electron chi connectivity index (χ3n) is 2.01. The second-order valence-corrected chi connectivity index (χ2v) is 4.16. The average molecular weight is 255 g/mol. The van der Waals surface area contributed by atoms with E-state index in [9.17, 15) is 0 Å². The molecule has 0 radical (unpaired) electrons. The van der Waals surface area contributed by atoms with Gasteiger partial charge in [0.15, 0.2) is 11.6 Å². The van der Waals surface area contributed by atoms with Gasteiger partial charge in [0.1, 0.15) is 4.60 Å². The van der Waals surface area contributed by atoms with E-state index in [0.29, 0.717) is 6.04 Å². The normalized spacial score (nSPS) is 11.1. The number of aromatic nitrogens is 2. The summed E-state index contributed by atoms with van der Waals surface area (Å²) in [5, 5.41) is 0. The number of halogens is 1. The predicted octanol–water partition coefficient (Wildman–Crippen LogP) is 3.49. The zero-order chi connectivity index (χ0) is 10.1. The molecule has 74 valence electrons. The summed E-state index contributed by atoms with van der Waals surface area (Å²) in [4.78, 5) is 4.30. The first-order chi connectivity index (χ1) is 6.70. The summed E-state index contributed by atoms with van der Waals surface area (Å²) in [5.41, 5.74) is 0. The van der Waals surface area contributed by atoms with E-state index in [1.54, 1.807) is 12.5 Å². The van der Waals surface area contributed by atoms with Crippen LogP contribution in [0.2, 0.25) is 0 Å². The third kappa shape index (κ3) is 1.50. The zero-order valence-corrected chi connectivity index (χ0v) is 9.65. The zero-order valence-electron chi connectivity index (χ0n) is 8.07. The Bertz CT molecular complexity index is 417. The van der Waals surface area contributed by atoms with Crippen molar-refractivity contribution in [3.63, 3.8) is 0 Å². The fourth-order valence-corrected chi connectivity index (χ4v) is 2.10. The van der Waals surface area contributed by atoms with Crippen molar-refractivity contribution in [2.45, 2.75) is 19.9 Å². The molecule has 0 unspecified atom stereocenters. The molecule has 2 aromatic heterocycles. The van der Waals surface area contributed by atoms with Gasteiger partial charge in [0.25, 0.3) is 0 Å². The highest BCUT2D eigenvalue weighted by atomic mass is 79.9. The molecule has 2 aromatic rings. The maximum absolute atomic E-state index is 5.32. The van der Waals surface area contributed by atoms with Crippen molar-refractivity contribution in [1.29, 1.82) is 0 Å². The fraction of sp³-hybridized carbons (Fsp3) is 0.300. The summed E-state index contributed by atoms with van der Waals surface area (Å²) < 4.78 is 8.37. The van der Waals surface area contributed by atoms with Gasteiger partial charge in [-0.25, -0.2) is 4.98 Å². The second-order valence-electron chi connectivity index (χ2n) is 3.35. The van der Waals surface area contributed by atoms with Crippen molar-refractivity contribution >= 4 is 15.9 Å². The van der Waals surface area contributed by atoms with E-state index in [-0.39, 0.29) is 0 Å². The van der Waals surface area contributed by atoms with Crippen LogP contribution in [0.4, 0.5) is 0 Å². The number of nitrogens with zero attached hydrogens (tertiary/aromatic N) is 2. The number of imidazole rings is 1. The molecule has 0 aromatic carbocycles. The molecule has 0 amide bonds. The van der Waals surface area contributed by atoms with Crippen LogP contribution in [0.15, 0.2) is 33.6 Å². The number of hydrogen-bond acceptors (Lipinski definition) is 2. The largest absolute Gasteiger partial charge is 0.461 e. The van der Waals surface area contributed by atoms with Crippen LogP contribution in [-0.2, 0) is 0 Å². The summed E-state index contributed by atoms with van der Waals surface area (Å²) in [7, 11) is 0. The lowest BCUT2D eigenvalue weighted by Crippen LogP contribution is -2.02. The van der Waals surface area contributed by atoms with E-state index >= 15 is 0 Å². The van der Waals surface area contributed by atoms with E-state index < -0.39 is 0 Å². The van der Waals surface area contributed by atoms with E-state index in [0.717, 1.165) is 16.2 Å². The van der Waals surface area contributed by atoms with Crippen LogP contribution >= 0.6 is 15.9 Å². The first-order valence-electron chi connectivity index (χ1n) is 4.46. The Morgan fingerprint density at radius 1 is 1.50 bits per heavy atom. The van der Waals surface area contributed by atoms with Gasteiger partial charge in [-0.15, -0.1) is 0 Å². The van der Waals surface area contributed by atoms with Crippen LogP contribution < -0.4 is 0 Å². The molecule has 0 aliphatic carbocycles. The smallest absolute Gasteiger partial charge is 0.177 e. The van der Waals surface area contributed by atoms with Crippen molar-refractivity contribution in [1.82, 2.24) is 9.55 Å². The summed E-state index contributed by atoms with van der Waals surface area (Å²) in [6.07, 6.45) is 3.44. The standard InChI is InChI=1S/C10H11BrN2O/c1-7(2)13-9(11)6-12-10(13)8-4-3-5-14-8/h3-7H,1-2H3. The minimum absolute atomic E-state index is 0.354. The van der Waals surface area contributed by atoms with Crippen LogP contribution in [0.1, 0.15) is 19.9 Å². The van der Waals surface area contributed by atoms with Crippen molar-refractivity contribution in [3.8, 4) is 11.6 Å². The minimum atomic E-state index is 0.354. The van der Waals surface area contributed by atoms with Crippen molar-refractivity contribution in [2.24, 2.45) is 0 Å². The van der Waals surface area contributed by atoms with Crippen LogP contribution in [0, 0.1) is 0 Å². The third-order valence-corrected chi connectivity index (χ3v) is 2.60. The summed E-state index contributed by atoms with van der Waals surface area (Å²) in [5.74, 6) is 1.65. The molecule has 0 N–H and O–H groups in total. The first-order valence-corrected chi connectivity index (χ1v) is 5.26. The molecule has 2 rings (SSSR count). The highest BCUT2D eigenvalue weighted by Crippen LogP contribution is 2.26. The number of furan rings is 1. The van der Waals surface area contributed by atoms with Crippen molar-refractivity contribution in [2.75, 3.05) is 0 Å². The molecule has 0 bridgehead atoms. The highest BCUT2D eigenvalue weighted by Gasteiger charge is 2.14. The Morgan fingerprint density at radius 2 is 2.29 bits per heavy atom. The molecule has 0 saturated heterocycles. The summed E-state index contributed by atoms with van der Waals surface area (Å²) in [6.45, 7) is 4.22. The Morgan fingerprint density at radius 3 is 2.86 bits per heavy atom. The molecule has 0 aliphatic heterocycles. The average Bonchev–Trinajstić information content (AvgIpc) is 2.70. The SMILES string of the molecule is CC(C)n1c(Br)cnc1-c1ccco1. The lowest BCUT2D eigenvalue weighted by Gasteiger charge is -2.11. The fourth-order valence-electron chi connectivity index (χ4n) is 1.42. The van der Waals surface area contributed by atoms with Crippen molar-refractivity contribution < 1.29 is 4.42 Å². The first kappa shape index (κ1) is 9.52. The molecular formula is C10H11BrN2O. The lowest BCUT2D eigenvalue weighted by atomic mass is 10.3. The number of rotatable bonds is 2. The van der Waals surface area contributed by atoms with Gasteiger partial charge in [-0.05, 0) is 41.9 Å². The molecule has 3 nitrogen and oxygen atoms in total. The van der Waals surface area contributed by atoms with Gasteiger partial charge in [0.2, 0.25) is 0 Å². The molecule has 0 saturated carbocycles. The molecule has 0 aliphatic rings. The van der Waals surface area contributed by atoms with E-state index in [1.165, 1.54) is 0 Å². The number of hydrogen-bond donors (Lipinski definition) is 0. The van der Waals surface area contributed by atoms with Crippen molar-refractivity contribution in [3.05, 3.63) is 29.2 Å². The van der Waals surface area contributed by atoms with E-state index in [2.05, 4.69) is 39.3 Å². The Hall–Kier alpha value is -1.03. The maximum atomic E-state index is 5.32. The summed E-state index contributed by atoms with van der Waals surface area (Å²) in [6, 6.07) is 4.13. The quantitative estimate of drug-likeness (QED) is 0.822. The van der Waals surface area contributed by atoms with Crippen LogP contribution in [0.5, 0.6) is 0 Å². The topological polar surface area (TPSA) is 31.0 Å². The van der Waals surface area contributed by atoms with E-state index in [4.69, 9.17) is 4.42 Å². The monoisotopic (exact) mass is 254 g/mol. The van der Waals surface area contributed by atoms with Crippen LogP contribution in [-0.4, -0.2) is 9.55 Å². The molecule has 0 spiro atoms. The minimum Gasteiger partial charge on any atom is -0.461 e. The molecule has 14 heavy (non-hydrogen) atoms. The molecule has 2 heterocycles. The van der Waals surface area contributed by atoms with Gasteiger partial charge < -0.3 is 8.98 Å². The van der Waals surface area contributed by atoms with Gasteiger partial charge in [-0.1, -0.05) is 0 Å². The molecule has 0 fully saturated rings. The van der Waals surface area contributed by atoms with Gasteiger partial charge in [-0.3, -0.25) is 0 Å². The van der Waals surface area contributed by atoms with Gasteiger partial charge in [-0.2, -0.15) is 0 Å². The Kier molecular flexibility index (Phi) is 2.46. The lowest BCUT2D eigenvalue weighted by molar-refractivity contribution is 0.548. The molecule has 4 heteroatoms. The van der Waals surface area contributed by atoms with Gasteiger partial charge in [0.05, 0.1) is 12.5 Å². The molecular weight excluding hydrogens is 244 g/mol. The molecule has 0 atom stereocenters. The van der Waals surface area contributed by atoms with Gasteiger partial charge >= 0.3 is 0 Å². The van der Waals surface area contributed by atoms with Crippen LogP contribution in [0.25, 0.3) is 11.6 Å². The van der Waals surface area contributed by atoms with Crippen LogP contribution in [0.3, 0.4) is 0 Å². The van der Waals surface area contributed by atoms with Gasteiger partial charge in [0, 0.05) is 6.04 Å². The summed E-state index contributed by atoms with van der Waals surface area (Å²) >= 11 is 3.46.